The molecule has 1 aromatic carbocycles. The van der Waals surface area contributed by atoms with Gasteiger partial charge in [-0.2, -0.15) is 0 Å². The molecule has 1 amide bonds. The van der Waals surface area contributed by atoms with Crippen molar-refractivity contribution in [3.8, 4) is 0 Å². The van der Waals surface area contributed by atoms with Gasteiger partial charge in [-0.15, -0.1) is 0 Å². The number of halogens is 1. The Bertz CT molecular complexity index is 497. The van der Waals surface area contributed by atoms with Gasteiger partial charge >= 0.3 is 0 Å². The number of carbonyl (C=O) groups is 1. The molecule has 0 saturated heterocycles. The van der Waals surface area contributed by atoms with Gasteiger partial charge in [0.1, 0.15) is 0 Å². The number of nitrogens with two attached hydrogens (primary N) is 1. The summed E-state index contributed by atoms with van der Waals surface area (Å²) in [6.45, 7) is 1.94. The van der Waals surface area contributed by atoms with Crippen LogP contribution in [0.3, 0.4) is 0 Å². The van der Waals surface area contributed by atoms with Crippen LogP contribution >= 0.6 is 23.8 Å². The fraction of sp³-hybridized carbons (Fsp3) is 0.429. The Morgan fingerprint density at radius 3 is 2.42 bits per heavy atom. The van der Waals surface area contributed by atoms with Gasteiger partial charge in [0, 0.05) is 5.02 Å². The summed E-state index contributed by atoms with van der Waals surface area (Å²) in [5.41, 5.74) is 6.10. The molecule has 1 aromatic rings. The summed E-state index contributed by atoms with van der Waals surface area (Å²) in [4.78, 5) is 12.6. The Hall–Kier alpha value is -1.13. The third kappa shape index (κ3) is 2.74. The van der Waals surface area contributed by atoms with Crippen molar-refractivity contribution in [2.45, 2.75) is 32.2 Å². The molecule has 1 aliphatic carbocycles. The minimum atomic E-state index is -0.629. The third-order valence-corrected chi connectivity index (χ3v) is 4.47. The molecule has 1 atom stereocenters. The Morgan fingerprint density at radius 2 is 2.00 bits per heavy atom. The first-order chi connectivity index (χ1) is 8.95. The topological polar surface area (TPSA) is 55.1 Å². The van der Waals surface area contributed by atoms with Crippen LogP contribution in [0.2, 0.25) is 5.02 Å². The number of hydrogen-bond donors (Lipinski definition) is 2. The number of nitrogens with one attached hydrogen (secondary N) is 1. The lowest BCUT2D eigenvalue weighted by molar-refractivity contribution is -0.131. The highest BCUT2D eigenvalue weighted by atomic mass is 35.5. The molecule has 1 aliphatic rings. The first-order valence-corrected chi connectivity index (χ1v) is 7.11. The molecular formula is C14H17ClN2OS. The van der Waals surface area contributed by atoms with Crippen molar-refractivity contribution in [3.63, 3.8) is 0 Å². The molecular weight excluding hydrogens is 280 g/mol. The van der Waals surface area contributed by atoms with Crippen LogP contribution < -0.4 is 11.1 Å². The largest absolute Gasteiger partial charge is 0.392 e. The highest BCUT2D eigenvalue weighted by Gasteiger charge is 2.47. The summed E-state index contributed by atoms with van der Waals surface area (Å²) >= 11 is 10.9. The normalized spacial score (nSPS) is 18.2. The predicted octanol–water partition coefficient (Wildman–Crippen LogP) is 2.97. The first-order valence-electron chi connectivity index (χ1n) is 6.32. The smallest absolute Gasteiger partial charge is 0.233 e. The SMILES string of the molecule is CC(NC(=O)C1(C(N)=S)CCC1)c1ccc(Cl)cc1. The van der Waals surface area contributed by atoms with Crippen LogP contribution in [-0.2, 0) is 4.79 Å². The summed E-state index contributed by atoms with van der Waals surface area (Å²) < 4.78 is 0. The van der Waals surface area contributed by atoms with E-state index in [9.17, 15) is 4.79 Å². The van der Waals surface area contributed by atoms with Crippen LogP contribution in [0.15, 0.2) is 24.3 Å². The number of carbonyl (C=O) groups excluding carboxylic acids is 1. The summed E-state index contributed by atoms with van der Waals surface area (Å²) in [5, 5.41) is 3.67. The van der Waals surface area contributed by atoms with Gasteiger partial charge < -0.3 is 11.1 Å². The van der Waals surface area contributed by atoms with Crippen molar-refractivity contribution in [3.05, 3.63) is 34.9 Å². The fourth-order valence-electron chi connectivity index (χ4n) is 2.29. The molecule has 0 aromatic heterocycles. The van der Waals surface area contributed by atoms with Crippen LogP contribution in [-0.4, -0.2) is 10.9 Å². The van der Waals surface area contributed by atoms with Gasteiger partial charge in [0.15, 0.2) is 0 Å². The van der Waals surface area contributed by atoms with Gasteiger partial charge in [-0.25, -0.2) is 0 Å². The number of rotatable bonds is 4. The maximum atomic E-state index is 12.3. The maximum absolute atomic E-state index is 12.3. The molecule has 0 aliphatic heterocycles. The van der Waals surface area contributed by atoms with Gasteiger partial charge in [-0.05, 0) is 37.5 Å². The zero-order valence-electron chi connectivity index (χ0n) is 10.8. The highest BCUT2D eigenvalue weighted by Crippen LogP contribution is 2.41. The van der Waals surface area contributed by atoms with Gasteiger partial charge in [-0.1, -0.05) is 42.4 Å². The molecule has 0 bridgehead atoms. The van der Waals surface area contributed by atoms with E-state index in [0.29, 0.717) is 10.0 Å². The molecule has 1 fully saturated rings. The van der Waals surface area contributed by atoms with E-state index in [0.717, 1.165) is 24.8 Å². The lowest BCUT2D eigenvalue weighted by Crippen LogP contribution is -2.53. The predicted molar refractivity (Wildman–Crippen MR) is 81.1 cm³/mol. The van der Waals surface area contributed by atoms with E-state index in [2.05, 4.69) is 5.32 Å². The van der Waals surface area contributed by atoms with Gasteiger partial charge in [-0.3, -0.25) is 4.79 Å². The number of thiocarbonyl (C=S) groups is 1. The second-order valence-corrected chi connectivity index (χ2v) is 5.92. The van der Waals surface area contributed by atoms with Crippen LogP contribution in [0.5, 0.6) is 0 Å². The Kier molecular flexibility index (Phi) is 4.11. The molecule has 1 unspecified atom stereocenters. The van der Waals surface area contributed by atoms with Gasteiger partial charge in [0.25, 0.3) is 0 Å². The van der Waals surface area contributed by atoms with Crippen molar-refractivity contribution in [2.75, 3.05) is 0 Å². The van der Waals surface area contributed by atoms with Crippen molar-refractivity contribution >= 4 is 34.7 Å². The molecule has 19 heavy (non-hydrogen) atoms. The van der Waals surface area contributed by atoms with Crippen molar-refractivity contribution in [2.24, 2.45) is 11.1 Å². The third-order valence-electron chi connectivity index (χ3n) is 3.83. The Morgan fingerprint density at radius 1 is 1.42 bits per heavy atom. The highest BCUT2D eigenvalue weighted by molar-refractivity contribution is 7.80. The van der Waals surface area contributed by atoms with Gasteiger partial charge in [0.05, 0.1) is 16.4 Å². The zero-order chi connectivity index (χ0) is 14.0. The molecule has 1 saturated carbocycles. The van der Waals surface area contributed by atoms with Crippen molar-refractivity contribution < 1.29 is 4.79 Å². The van der Waals surface area contributed by atoms with E-state index < -0.39 is 5.41 Å². The fourth-order valence-corrected chi connectivity index (χ4v) is 2.71. The minimum absolute atomic E-state index is 0.0614. The van der Waals surface area contributed by atoms with Crippen molar-refractivity contribution in [1.82, 2.24) is 5.32 Å². The Balaban J connectivity index is 2.06. The summed E-state index contributed by atoms with van der Waals surface area (Å²) in [6, 6.07) is 7.35. The lowest BCUT2D eigenvalue weighted by atomic mass is 9.68. The quantitative estimate of drug-likeness (QED) is 0.840. The zero-order valence-corrected chi connectivity index (χ0v) is 12.4. The number of hydrogen-bond acceptors (Lipinski definition) is 2. The lowest BCUT2D eigenvalue weighted by Gasteiger charge is -2.39. The molecule has 0 radical (unpaired) electrons. The molecule has 102 valence electrons. The molecule has 3 N–H and O–H groups in total. The number of amides is 1. The summed E-state index contributed by atoms with van der Waals surface area (Å²) in [6.07, 6.45) is 2.50. The van der Waals surface area contributed by atoms with E-state index in [4.69, 9.17) is 29.6 Å². The van der Waals surface area contributed by atoms with Crippen LogP contribution in [0.25, 0.3) is 0 Å². The summed E-state index contributed by atoms with van der Waals surface area (Å²) in [7, 11) is 0. The van der Waals surface area contributed by atoms with E-state index in [1.165, 1.54) is 0 Å². The Labute approximate surface area is 123 Å². The van der Waals surface area contributed by atoms with Crippen LogP contribution in [0.1, 0.15) is 37.8 Å². The average molecular weight is 297 g/mol. The molecule has 5 heteroatoms. The summed E-state index contributed by atoms with van der Waals surface area (Å²) in [5.74, 6) is -0.0614. The number of benzene rings is 1. The first kappa shape index (κ1) is 14.3. The monoisotopic (exact) mass is 296 g/mol. The second kappa shape index (κ2) is 5.47. The molecule has 0 spiro atoms. The van der Waals surface area contributed by atoms with Crippen LogP contribution in [0, 0.1) is 5.41 Å². The van der Waals surface area contributed by atoms with E-state index in [-0.39, 0.29) is 11.9 Å². The van der Waals surface area contributed by atoms with Crippen molar-refractivity contribution in [1.29, 1.82) is 0 Å². The van der Waals surface area contributed by atoms with E-state index >= 15 is 0 Å². The van der Waals surface area contributed by atoms with Gasteiger partial charge in [0.2, 0.25) is 5.91 Å². The average Bonchev–Trinajstić information content (AvgIpc) is 2.27. The second-order valence-electron chi connectivity index (χ2n) is 5.05. The maximum Gasteiger partial charge on any atom is 0.233 e. The molecule has 3 nitrogen and oxygen atoms in total. The van der Waals surface area contributed by atoms with Crippen LogP contribution in [0.4, 0.5) is 0 Å². The molecule has 2 rings (SSSR count). The van der Waals surface area contributed by atoms with E-state index in [1.807, 2.05) is 31.2 Å². The standard InChI is InChI=1S/C14H17ClN2OS/c1-9(10-3-5-11(15)6-4-10)17-13(18)14(12(16)19)7-2-8-14/h3-6,9H,2,7-8H2,1H3,(H2,16,19)(H,17,18). The molecule has 0 heterocycles. The van der Waals surface area contributed by atoms with E-state index in [1.54, 1.807) is 0 Å². The minimum Gasteiger partial charge on any atom is -0.392 e.